The highest BCUT2D eigenvalue weighted by molar-refractivity contribution is 7.99. The van der Waals surface area contributed by atoms with Gasteiger partial charge in [0.1, 0.15) is 11.6 Å². The number of carboxylic acid groups (broad SMARTS) is 1. The predicted octanol–water partition coefficient (Wildman–Crippen LogP) is 14.4. The number of H-pyrrole nitrogens is 1. The van der Waals surface area contributed by atoms with Crippen molar-refractivity contribution >= 4 is 109 Å². The van der Waals surface area contributed by atoms with Gasteiger partial charge in [-0.15, -0.1) is 10.2 Å². The second-order valence-corrected chi connectivity index (χ2v) is 19.7. The number of amides is 1. The summed E-state index contributed by atoms with van der Waals surface area (Å²) < 4.78 is 4.63. The monoisotopic (exact) mass is 998 g/mol. The average Bonchev–Trinajstić information content (AvgIpc) is 4.26. The highest BCUT2D eigenvalue weighted by atomic mass is 35.5. The summed E-state index contributed by atoms with van der Waals surface area (Å²) in [6.45, 7) is 3.86. The Labute approximate surface area is 424 Å². The van der Waals surface area contributed by atoms with Crippen LogP contribution >= 0.6 is 47.8 Å². The molecule has 3 N–H and O–H groups in total. The van der Waals surface area contributed by atoms with Crippen LogP contribution in [0.4, 0.5) is 11.4 Å². The molecule has 0 radical (unpaired) electrons. The lowest BCUT2D eigenvalue weighted by atomic mass is 9.99. The van der Waals surface area contributed by atoms with Crippen LogP contribution in [-0.2, 0) is 4.79 Å². The van der Waals surface area contributed by atoms with E-state index < -0.39 is 5.97 Å². The molecule has 12 rings (SSSR count). The maximum absolute atomic E-state index is 12.6. The number of nitrogens with one attached hydrogen (secondary N) is 2. The van der Waals surface area contributed by atoms with Crippen molar-refractivity contribution < 1.29 is 14.7 Å². The molecule has 70 heavy (non-hydrogen) atoms. The smallest absolute Gasteiger partial charge is 0.335 e. The Morgan fingerprint density at radius 2 is 1.23 bits per heavy atom. The number of aromatic amines is 1. The number of aryl methyl sites for hydroxylation is 2. The van der Waals surface area contributed by atoms with Crippen molar-refractivity contribution in [1.82, 2.24) is 29.5 Å². The molecule has 3 saturated carbocycles. The Hall–Kier alpha value is -6.80. The number of aromatic nitrogens is 6. The zero-order valence-electron chi connectivity index (χ0n) is 38.4. The van der Waals surface area contributed by atoms with E-state index in [2.05, 4.69) is 145 Å². The number of halogens is 1. The summed E-state index contributed by atoms with van der Waals surface area (Å²) in [5.41, 5.74) is 7.74. The first-order valence-corrected chi connectivity index (χ1v) is 25.4. The number of thiocarbonyl (C=S) groups is 1. The van der Waals surface area contributed by atoms with E-state index in [1.807, 2.05) is 35.1 Å². The zero-order valence-corrected chi connectivity index (χ0v) is 41.6. The van der Waals surface area contributed by atoms with E-state index in [4.69, 9.17) is 28.9 Å². The Balaban J connectivity index is 0.000000133. The first-order valence-electron chi connectivity index (χ1n) is 23.2. The number of fused-ring (bicyclic) bond motifs is 3. The number of carbonyl (C=O) groups is 2. The summed E-state index contributed by atoms with van der Waals surface area (Å²) in [6, 6.07) is 42.5. The molecule has 11 nitrogen and oxygen atoms in total. The summed E-state index contributed by atoms with van der Waals surface area (Å²) in [7, 11) is 0. The maximum Gasteiger partial charge on any atom is 0.335 e. The number of isothiocyanates is 1. The van der Waals surface area contributed by atoms with Crippen molar-refractivity contribution in [3.05, 3.63) is 171 Å². The van der Waals surface area contributed by atoms with Gasteiger partial charge >= 0.3 is 5.97 Å². The molecule has 3 aliphatic carbocycles. The number of aliphatic imine (C=N–C) groups is 1. The van der Waals surface area contributed by atoms with Gasteiger partial charge in [-0.3, -0.25) is 19.0 Å². The topological polar surface area (TPSA) is 143 Å². The highest BCUT2D eigenvalue weighted by Gasteiger charge is 2.28. The van der Waals surface area contributed by atoms with Gasteiger partial charge in [0.25, 0.3) is 0 Å². The van der Waals surface area contributed by atoms with Crippen LogP contribution in [0.3, 0.4) is 0 Å². The van der Waals surface area contributed by atoms with Crippen molar-refractivity contribution in [2.75, 3.05) is 11.1 Å². The van der Waals surface area contributed by atoms with Crippen LogP contribution in [0.15, 0.2) is 138 Å². The third-order valence-electron chi connectivity index (χ3n) is 13.0. The van der Waals surface area contributed by atoms with Gasteiger partial charge in [0.2, 0.25) is 5.91 Å². The van der Waals surface area contributed by atoms with Crippen LogP contribution in [0.5, 0.6) is 0 Å². The molecule has 9 aromatic rings. The molecule has 15 heteroatoms. The van der Waals surface area contributed by atoms with Gasteiger partial charge in [0, 0.05) is 16.2 Å². The predicted molar refractivity (Wildman–Crippen MR) is 287 cm³/mol. The summed E-state index contributed by atoms with van der Waals surface area (Å²) in [5, 5.41) is 38.1. The van der Waals surface area contributed by atoms with Crippen molar-refractivity contribution in [1.29, 1.82) is 0 Å². The van der Waals surface area contributed by atoms with Crippen LogP contribution in [0.25, 0.3) is 43.7 Å². The molecule has 0 bridgehead atoms. The number of carbonyl (C=O) groups excluding carboxylic acids is 1. The van der Waals surface area contributed by atoms with Gasteiger partial charge in [-0.1, -0.05) is 114 Å². The highest BCUT2D eigenvalue weighted by Crippen LogP contribution is 2.46. The third kappa shape index (κ3) is 9.96. The second kappa shape index (κ2) is 20.3. The summed E-state index contributed by atoms with van der Waals surface area (Å²) in [4.78, 5) is 27.8. The third-order valence-corrected chi connectivity index (χ3v) is 14.6. The molecular weight excluding hydrogens is 952 g/mol. The molecule has 2 aromatic heterocycles. The molecule has 0 saturated heterocycles. The fraction of sp³-hybridized carbons (Fsp3) is 0.218. The van der Waals surface area contributed by atoms with E-state index in [-0.39, 0.29) is 22.2 Å². The number of hydrogen-bond donors (Lipinski definition) is 3. The quantitative estimate of drug-likeness (QED) is 0.0655. The Morgan fingerprint density at radius 3 is 1.73 bits per heavy atom. The van der Waals surface area contributed by atoms with Gasteiger partial charge in [-0.2, -0.15) is 10.1 Å². The molecular formula is C55H47ClN8O3S3. The number of nitrogens with zero attached hydrogens (tertiary/aromatic N) is 6. The number of rotatable bonds is 11. The molecule has 0 atom stereocenters. The van der Waals surface area contributed by atoms with E-state index >= 15 is 0 Å². The van der Waals surface area contributed by atoms with E-state index in [9.17, 15) is 9.59 Å². The first-order chi connectivity index (χ1) is 34.1. The number of anilines is 1. The first kappa shape index (κ1) is 46.9. The van der Waals surface area contributed by atoms with Crippen LogP contribution in [0.2, 0.25) is 5.02 Å². The van der Waals surface area contributed by atoms with Gasteiger partial charge in [0.05, 0.1) is 44.2 Å². The standard InChI is InChI=1S/C25H21ClN4O3S.C16H15N3S.C14H11NS/c1-14-28-29-25(34-13-23(31)27-21-10-8-16(24(32)33)12-20(21)26)30(14)22-11-9-17(15-6-7-15)18-4-2-3-5-19(18)22;1-10-17-18-16(20)19(10)15-9-8-12(11-6-7-11)13-4-2-3-5-14(13)15;16-9-15-14-8-7-11(10-5-6-10)12-3-1-2-4-13(12)14/h2-5,8-12,15H,6-7,13H2,1H3,(H,27,31)(H,32,33);2-5,8-9,11H,6-7H2,1H3,(H,18,20);1-4,7-8,10H,5-6H2. The summed E-state index contributed by atoms with van der Waals surface area (Å²) >= 11 is 17.4. The fourth-order valence-corrected chi connectivity index (χ4v) is 10.5. The van der Waals surface area contributed by atoms with Crippen molar-refractivity contribution in [3.63, 3.8) is 0 Å². The summed E-state index contributed by atoms with van der Waals surface area (Å²) in [6.07, 6.45) is 7.73. The molecule has 3 fully saturated rings. The SMILES string of the molecule is Cc1n[nH]c(=S)n1-c1ccc(C2CC2)c2ccccc12.Cc1nnc(SCC(=O)Nc2ccc(C(=O)O)cc2Cl)n1-c1ccc(C2CC2)c2ccccc12.S=C=Nc1ccc(C2CC2)c2ccccc12. The lowest BCUT2D eigenvalue weighted by Gasteiger charge is -2.14. The molecule has 2 heterocycles. The summed E-state index contributed by atoms with van der Waals surface area (Å²) in [5.74, 6) is 2.49. The molecule has 1 amide bonds. The molecule has 0 aliphatic heterocycles. The van der Waals surface area contributed by atoms with Gasteiger partial charge < -0.3 is 10.4 Å². The lowest BCUT2D eigenvalue weighted by molar-refractivity contribution is -0.113. The normalized spacial score (nSPS) is 14.0. The average molecular weight is 1000 g/mol. The van der Waals surface area contributed by atoms with E-state index in [1.165, 1.54) is 112 Å². The van der Waals surface area contributed by atoms with Gasteiger partial charge in [0.15, 0.2) is 9.93 Å². The van der Waals surface area contributed by atoms with Crippen molar-refractivity contribution in [2.24, 2.45) is 4.99 Å². The lowest BCUT2D eigenvalue weighted by Crippen LogP contribution is -2.15. The number of carboxylic acids is 1. The van der Waals surface area contributed by atoms with Crippen molar-refractivity contribution in [3.8, 4) is 11.4 Å². The zero-order chi connectivity index (χ0) is 48.5. The Bertz CT molecular complexity index is 3610. The van der Waals surface area contributed by atoms with Crippen LogP contribution in [0.1, 0.15) is 95.0 Å². The van der Waals surface area contributed by atoms with Crippen LogP contribution < -0.4 is 5.32 Å². The minimum absolute atomic E-state index is 0.0564. The van der Waals surface area contributed by atoms with Crippen LogP contribution in [-0.4, -0.2) is 57.4 Å². The Morgan fingerprint density at radius 1 is 0.714 bits per heavy atom. The fourth-order valence-electron chi connectivity index (χ4n) is 9.15. The number of thioether (sulfide) groups is 1. The molecule has 350 valence electrons. The second-order valence-electron chi connectivity index (χ2n) is 17.8. The van der Waals surface area contributed by atoms with E-state index in [0.29, 0.717) is 21.5 Å². The molecule has 0 unspecified atom stereocenters. The largest absolute Gasteiger partial charge is 0.478 e. The maximum atomic E-state index is 12.6. The van der Waals surface area contributed by atoms with Gasteiger partial charge in [-0.25, -0.2) is 4.79 Å². The number of aromatic carboxylic acids is 1. The minimum Gasteiger partial charge on any atom is -0.478 e. The number of benzene rings is 7. The van der Waals surface area contributed by atoms with E-state index in [0.717, 1.165) is 45.9 Å². The molecule has 3 aliphatic rings. The number of hydrogen-bond acceptors (Lipinski definition) is 9. The van der Waals surface area contributed by atoms with Crippen molar-refractivity contribution in [2.45, 2.75) is 75.3 Å². The minimum atomic E-state index is -1.08. The molecule has 7 aromatic carbocycles. The Kier molecular flexibility index (Phi) is 13.6. The van der Waals surface area contributed by atoms with E-state index in [1.54, 1.807) is 0 Å². The van der Waals surface area contributed by atoms with Crippen LogP contribution in [0, 0.1) is 18.6 Å². The molecule has 0 spiro atoms. The van der Waals surface area contributed by atoms with Gasteiger partial charge in [-0.05, 0) is 164 Å².